The number of fused-ring (bicyclic) bond motifs is 1. The van der Waals surface area contributed by atoms with Gasteiger partial charge in [0.25, 0.3) is 11.8 Å². The number of carbonyl (C=O) groups excluding carboxylic acids is 2. The molecule has 27 heavy (non-hydrogen) atoms. The highest BCUT2D eigenvalue weighted by molar-refractivity contribution is 6.06. The van der Waals surface area contributed by atoms with Gasteiger partial charge in [-0.05, 0) is 42.9 Å². The molecule has 0 aromatic heterocycles. The Balaban J connectivity index is 1.61. The Morgan fingerprint density at radius 2 is 1.89 bits per heavy atom. The molecule has 2 fully saturated rings. The molecule has 2 amide bonds. The van der Waals surface area contributed by atoms with Gasteiger partial charge in [-0.1, -0.05) is 18.1 Å². The van der Waals surface area contributed by atoms with Crippen LogP contribution in [0.25, 0.3) is 0 Å². The fraction of sp³-hybridized carbons (Fsp3) is 0.381. The Labute approximate surface area is 157 Å². The molecule has 0 spiro atoms. The molecule has 1 heterocycles. The van der Waals surface area contributed by atoms with E-state index in [2.05, 4.69) is 23.2 Å². The molecular weight excluding hydrogens is 344 g/mol. The molecule has 3 aliphatic carbocycles. The van der Waals surface area contributed by atoms with Crippen LogP contribution in [0.1, 0.15) is 18.4 Å². The molecule has 1 aliphatic heterocycles. The predicted octanol–water partition coefficient (Wildman–Crippen LogP) is 2.24. The number of hydrogen-bond donors (Lipinski definition) is 0. The van der Waals surface area contributed by atoms with Crippen LogP contribution < -0.4 is 9.47 Å². The van der Waals surface area contributed by atoms with E-state index in [9.17, 15) is 9.59 Å². The maximum Gasteiger partial charge on any atom is 0.254 e. The van der Waals surface area contributed by atoms with Crippen LogP contribution in [-0.4, -0.2) is 36.8 Å². The number of hydrazone groups is 1. The SMILES string of the molecule is C#CCOc1ccc(OC)cc1/C=N/N1C(=O)C2C3C=CC(CC3)C2C1=O. The van der Waals surface area contributed by atoms with E-state index in [1.54, 1.807) is 25.3 Å². The highest BCUT2D eigenvalue weighted by atomic mass is 16.5. The maximum absolute atomic E-state index is 12.8. The minimum Gasteiger partial charge on any atom is -0.497 e. The van der Waals surface area contributed by atoms with Gasteiger partial charge in [0.05, 0.1) is 25.2 Å². The second-order valence-corrected chi connectivity index (χ2v) is 6.97. The molecule has 1 aromatic carbocycles. The van der Waals surface area contributed by atoms with Gasteiger partial charge in [0.15, 0.2) is 0 Å². The normalized spacial score (nSPS) is 28.5. The zero-order chi connectivity index (χ0) is 19.0. The van der Waals surface area contributed by atoms with E-state index in [0.29, 0.717) is 17.1 Å². The topological polar surface area (TPSA) is 68.2 Å². The van der Waals surface area contributed by atoms with Gasteiger partial charge in [0.1, 0.15) is 18.1 Å². The minimum atomic E-state index is -0.277. The first-order valence-corrected chi connectivity index (χ1v) is 8.98. The van der Waals surface area contributed by atoms with E-state index in [0.717, 1.165) is 17.9 Å². The Hall–Kier alpha value is -3.07. The average Bonchev–Trinajstić information content (AvgIpc) is 2.98. The van der Waals surface area contributed by atoms with Crippen LogP contribution in [0.3, 0.4) is 0 Å². The second kappa shape index (κ2) is 6.92. The van der Waals surface area contributed by atoms with Crippen LogP contribution in [0.2, 0.25) is 0 Å². The predicted molar refractivity (Wildman–Crippen MR) is 99.1 cm³/mol. The van der Waals surface area contributed by atoms with Gasteiger partial charge in [0.2, 0.25) is 0 Å². The molecule has 1 aromatic rings. The lowest BCUT2D eigenvalue weighted by atomic mass is 9.63. The van der Waals surface area contributed by atoms with E-state index < -0.39 is 0 Å². The van der Waals surface area contributed by atoms with Gasteiger partial charge in [-0.3, -0.25) is 9.59 Å². The fourth-order valence-electron chi connectivity index (χ4n) is 4.30. The summed E-state index contributed by atoms with van der Waals surface area (Å²) in [5.41, 5.74) is 0.584. The first-order chi connectivity index (χ1) is 13.1. The third-order valence-corrected chi connectivity index (χ3v) is 5.58. The summed E-state index contributed by atoms with van der Waals surface area (Å²) in [5.74, 6) is 2.83. The van der Waals surface area contributed by atoms with E-state index in [4.69, 9.17) is 15.9 Å². The van der Waals surface area contributed by atoms with Crippen molar-refractivity contribution in [2.45, 2.75) is 12.8 Å². The molecule has 2 bridgehead atoms. The van der Waals surface area contributed by atoms with Crippen LogP contribution in [0.4, 0.5) is 0 Å². The van der Waals surface area contributed by atoms with Crippen molar-refractivity contribution >= 4 is 18.0 Å². The van der Waals surface area contributed by atoms with Crippen molar-refractivity contribution in [1.29, 1.82) is 0 Å². The number of imide groups is 1. The second-order valence-electron chi connectivity index (χ2n) is 6.97. The monoisotopic (exact) mass is 364 g/mol. The van der Waals surface area contributed by atoms with E-state index in [-0.39, 0.29) is 42.1 Å². The molecule has 0 N–H and O–H groups in total. The summed E-state index contributed by atoms with van der Waals surface area (Å²) >= 11 is 0. The average molecular weight is 364 g/mol. The van der Waals surface area contributed by atoms with Gasteiger partial charge in [-0.2, -0.15) is 10.1 Å². The highest BCUT2D eigenvalue weighted by Gasteiger charge is 2.56. The summed E-state index contributed by atoms with van der Waals surface area (Å²) in [6.07, 6.45) is 12.8. The van der Waals surface area contributed by atoms with Gasteiger partial charge < -0.3 is 9.47 Å². The summed E-state index contributed by atoms with van der Waals surface area (Å²) in [6.45, 7) is 0.105. The van der Waals surface area contributed by atoms with Crippen molar-refractivity contribution in [3.05, 3.63) is 35.9 Å². The Morgan fingerprint density at radius 3 is 2.44 bits per heavy atom. The molecule has 1 saturated carbocycles. The van der Waals surface area contributed by atoms with Crippen LogP contribution in [-0.2, 0) is 9.59 Å². The van der Waals surface area contributed by atoms with Gasteiger partial charge in [-0.15, -0.1) is 6.42 Å². The fourth-order valence-corrected chi connectivity index (χ4v) is 4.30. The lowest BCUT2D eigenvalue weighted by Crippen LogP contribution is -2.38. The van der Waals surface area contributed by atoms with Crippen molar-refractivity contribution in [2.24, 2.45) is 28.8 Å². The lowest BCUT2D eigenvalue weighted by Gasteiger charge is -2.37. The molecule has 6 heteroatoms. The number of terminal acetylenes is 1. The minimum absolute atomic E-state index is 0.105. The maximum atomic E-state index is 12.8. The smallest absolute Gasteiger partial charge is 0.254 e. The van der Waals surface area contributed by atoms with E-state index in [1.165, 1.54) is 6.21 Å². The molecule has 0 radical (unpaired) electrons. The molecule has 4 atom stereocenters. The standard InChI is InChI=1S/C21H20N2O4/c1-3-10-27-17-9-8-16(26-2)11-15(17)12-22-23-20(24)18-13-4-5-14(7-6-13)19(18)21(23)25/h1,4-5,8-9,11-14,18-19H,6-7,10H2,2H3/b22-12+. The van der Waals surface area contributed by atoms with Crippen molar-refractivity contribution in [3.63, 3.8) is 0 Å². The van der Waals surface area contributed by atoms with Crippen molar-refractivity contribution in [3.8, 4) is 23.8 Å². The number of ether oxygens (including phenoxy) is 2. The zero-order valence-electron chi connectivity index (χ0n) is 15.0. The Kier molecular flexibility index (Phi) is 4.44. The van der Waals surface area contributed by atoms with Crippen LogP contribution >= 0.6 is 0 Å². The van der Waals surface area contributed by atoms with Crippen molar-refractivity contribution < 1.29 is 19.1 Å². The zero-order valence-corrected chi connectivity index (χ0v) is 15.0. The van der Waals surface area contributed by atoms with Gasteiger partial charge in [-0.25, -0.2) is 0 Å². The third-order valence-electron chi connectivity index (χ3n) is 5.58. The molecule has 138 valence electrons. The van der Waals surface area contributed by atoms with Crippen molar-refractivity contribution in [1.82, 2.24) is 5.01 Å². The molecule has 6 nitrogen and oxygen atoms in total. The summed E-state index contributed by atoms with van der Waals surface area (Å²) in [7, 11) is 1.55. The number of allylic oxidation sites excluding steroid dienone is 2. The number of benzene rings is 1. The molecule has 4 aliphatic rings. The Bertz CT molecular complexity index is 851. The summed E-state index contributed by atoms with van der Waals surface area (Å²) in [5, 5.41) is 5.24. The van der Waals surface area contributed by atoms with Crippen LogP contribution in [0.5, 0.6) is 11.5 Å². The highest BCUT2D eigenvalue weighted by Crippen LogP contribution is 2.49. The van der Waals surface area contributed by atoms with Gasteiger partial charge in [0, 0.05) is 5.56 Å². The van der Waals surface area contributed by atoms with Crippen LogP contribution in [0.15, 0.2) is 35.5 Å². The Morgan fingerprint density at radius 1 is 1.22 bits per heavy atom. The van der Waals surface area contributed by atoms with Gasteiger partial charge >= 0.3 is 0 Å². The third kappa shape index (κ3) is 2.89. The summed E-state index contributed by atoms with van der Waals surface area (Å²) in [4.78, 5) is 25.6. The largest absolute Gasteiger partial charge is 0.497 e. The number of carbonyl (C=O) groups is 2. The lowest BCUT2D eigenvalue weighted by molar-refractivity contribution is -0.140. The number of methoxy groups -OCH3 is 1. The quantitative estimate of drug-likeness (QED) is 0.348. The number of hydrogen-bond acceptors (Lipinski definition) is 5. The number of rotatable bonds is 5. The molecule has 1 saturated heterocycles. The van der Waals surface area contributed by atoms with E-state index in [1.807, 2.05) is 0 Å². The molecular formula is C21H20N2O4. The summed E-state index contributed by atoms with van der Waals surface area (Å²) < 4.78 is 10.7. The number of amides is 2. The summed E-state index contributed by atoms with van der Waals surface area (Å²) in [6, 6.07) is 5.18. The first-order valence-electron chi connectivity index (χ1n) is 8.98. The number of nitrogens with zero attached hydrogens (tertiary/aromatic N) is 2. The van der Waals surface area contributed by atoms with Crippen LogP contribution in [0, 0.1) is 36.0 Å². The van der Waals surface area contributed by atoms with Crippen molar-refractivity contribution in [2.75, 3.05) is 13.7 Å². The molecule has 4 unspecified atom stereocenters. The molecule has 5 rings (SSSR count). The first kappa shape index (κ1) is 17.3. The van der Waals surface area contributed by atoms with E-state index >= 15 is 0 Å².